The van der Waals surface area contributed by atoms with Crippen molar-refractivity contribution in [2.45, 2.75) is 32.3 Å². The lowest BCUT2D eigenvalue weighted by molar-refractivity contribution is -0.157. The largest absolute Gasteiger partial charge is 0.462 e. The fourth-order valence-electron chi connectivity index (χ4n) is 4.58. The number of benzene rings is 1. The van der Waals surface area contributed by atoms with Crippen LogP contribution in [-0.4, -0.2) is 30.6 Å². The van der Waals surface area contributed by atoms with Gasteiger partial charge in [0.05, 0.1) is 11.8 Å². The van der Waals surface area contributed by atoms with E-state index in [2.05, 4.69) is 12.2 Å². The molecule has 2 saturated carbocycles. The van der Waals surface area contributed by atoms with E-state index < -0.39 is 11.9 Å². The molecule has 1 aromatic carbocycles. The van der Waals surface area contributed by atoms with Gasteiger partial charge in [-0.25, -0.2) is 0 Å². The Balaban J connectivity index is 1.31. The van der Waals surface area contributed by atoms with Gasteiger partial charge in [-0.05, 0) is 42.9 Å². The van der Waals surface area contributed by atoms with E-state index in [1.54, 1.807) is 0 Å². The molecule has 6 heteroatoms. The summed E-state index contributed by atoms with van der Waals surface area (Å²) in [4.78, 5) is 36.3. The molecular formula is C19H21NO5. The molecule has 0 unspecified atom stereocenters. The number of anilines is 1. The average molecular weight is 343 g/mol. The summed E-state index contributed by atoms with van der Waals surface area (Å²) in [6.07, 6.45) is 2.50. The van der Waals surface area contributed by atoms with Crippen LogP contribution in [0.3, 0.4) is 0 Å². The van der Waals surface area contributed by atoms with Crippen LogP contribution in [0.25, 0.3) is 0 Å². The fourth-order valence-corrected chi connectivity index (χ4v) is 4.58. The van der Waals surface area contributed by atoms with Crippen LogP contribution in [-0.2, 0) is 30.3 Å². The van der Waals surface area contributed by atoms with Crippen molar-refractivity contribution in [2.75, 3.05) is 11.9 Å². The van der Waals surface area contributed by atoms with Crippen molar-refractivity contribution >= 4 is 23.5 Å². The molecule has 5 atom stereocenters. The lowest BCUT2D eigenvalue weighted by atomic mass is 9.80. The zero-order valence-corrected chi connectivity index (χ0v) is 14.1. The molecule has 3 fully saturated rings. The van der Waals surface area contributed by atoms with Gasteiger partial charge in [-0.2, -0.15) is 0 Å². The minimum Gasteiger partial charge on any atom is -0.462 e. The van der Waals surface area contributed by atoms with Gasteiger partial charge >= 0.3 is 11.9 Å². The second-order valence-electron chi connectivity index (χ2n) is 7.13. The Hall–Kier alpha value is -2.37. The number of rotatable bonds is 5. The molecule has 6 nitrogen and oxygen atoms in total. The Kier molecular flexibility index (Phi) is 3.98. The fraction of sp³-hybridized carbons (Fsp3) is 0.526. The smallest absolute Gasteiger partial charge is 0.310 e. The quantitative estimate of drug-likeness (QED) is 0.826. The SMILES string of the molecule is CCc1ccc(NC(=O)COC(=O)[C@@H]2[C@@H]3C[C@@H]4[C@@H]2C(=O)O[C@@H]4C3)cc1. The zero-order chi connectivity index (χ0) is 17.6. The monoisotopic (exact) mass is 343 g/mol. The van der Waals surface area contributed by atoms with E-state index in [0.717, 1.165) is 19.3 Å². The van der Waals surface area contributed by atoms with Crippen LogP contribution in [0.1, 0.15) is 25.3 Å². The van der Waals surface area contributed by atoms with Gasteiger partial charge in [-0.3, -0.25) is 14.4 Å². The molecule has 1 amide bonds. The molecule has 25 heavy (non-hydrogen) atoms. The molecule has 0 radical (unpaired) electrons. The first-order valence-electron chi connectivity index (χ1n) is 8.82. The first-order chi connectivity index (χ1) is 12.1. The molecular weight excluding hydrogens is 322 g/mol. The molecule has 4 rings (SSSR count). The number of esters is 2. The summed E-state index contributed by atoms with van der Waals surface area (Å²) in [5.74, 6) is -1.64. The molecule has 0 spiro atoms. The maximum absolute atomic E-state index is 12.4. The summed E-state index contributed by atoms with van der Waals surface area (Å²) < 4.78 is 10.5. The summed E-state index contributed by atoms with van der Waals surface area (Å²) >= 11 is 0. The number of ether oxygens (including phenoxy) is 2. The van der Waals surface area contributed by atoms with Gasteiger partial charge in [0.15, 0.2) is 6.61 Å². The number of hydrogen-bond acceptors (Lipinski definition) is 5. The molecule has 2 aliphatic carbocycles. The Labute approximate surface area is 145 Å². The van der Waals surface area contributed by atoms with Crippen molar-refractivity contribution < 1.29 is 23.9 Å². The minimum atomic E-state index is -0.453. The highest BCUT2D eigenvalue weighted by molar-refractivity contribution is 5.93. The van der Waals surface area contributed by atoms with Gasteiger partial charge in [0.1, 0.15) is 6.10 Å². The lowest BCUT2D eigenvalue weighted by Crippen LogP contribution is -2.34. The van der Waals surface area contributed by atoms with Crippen LogP contribution in [0.2, 0.25) is 0 Å². The maximum atomic E-state index is 12.4. The van der Waals surface area contributed by atoms with E-state index in [4.69, 9.17) is 9.47 Å². The second kappa shape index (κ2) is 6.17. The third-order valence-electron chi connectivity index (χ3n) is 5.75. The van der Waals surface area contributed by atoms with Gasteiger partial charge < -0.3 is 14.8 Å². The lowest BCUT2D eigenvalue weighted by Gasteiger charge is -2.22. The number of carbonyl (C=O) groups excluding carboxylic acids is 3. The Bertz CT molecular complexity index is 711. The highest BCUT2D eigenvalue weighted by atomic mass is 16.6. The molecule has 1 N–H and O–H groups in total. The highest BCUT2D eigenvalue weighted by Crippen LogP contribution is 2.57. The van der Waals surface area contributed by atoms with E-state index in [-0.39, 0.29) is 42.3 Å². The van der Waals surface area contributed by atoms with Crippen LogP contribution in [0.15, 0.2) is 24.3 Å². The number of nitrogens with one attached hydrogen (secondary N) is 1. The molecule has 132 valence electrons. The molecule has 2 bridgehead atoms. The summed E-state index contributed by atoms with van der Waals surface area (Å²) in [6.45, 7) is 1.72. The summed E-state index contributed by atoms with van der Waals surface area (Å²) in [5.41, 5.74) is 1.85. The van der Waals surface area contributed by atoms with Crippen LogP contribution in [0, 0.1) is 23.7 Å². The van der Waals surface area contributed by atoms with Gasteiger partial charge in [0.2, 0.25) is 0 Å². The molecule has 1 aliphatic heterocycles. The normalized spacial score (nSPS) is 31.7. The van der Waals surface area contributed by atoms with E-state index >= 15 is 0 Å². The summed E-state index contributed by atoms with van der Waals surface area (Å²) in [5, 5.41) is 2.71. The topological polar surface area (TPSA) is 81.7 Å². The minimum absolute atomic E-state index is 0.0130. The summed E-state index contributed by atoms with van der Waals surface area (Å²) in [7, 11) is 0. The van der Waals surface area contributed by atoms with Crippen LogP contribution < -0.4 is 5.32 Å². The third kappa shape index (κ3) is 2.79. The molecule has 0 aromatic heterocycles. The Morgan fingerprint density at radius 1 is 1.24 bits per heavy atom. The van der Waals surface area contributed by atoms with Crippen molar-refractivity contribution in [2.24, 2.45) is 23.7 Å². The van der Waals surface area contributed by atoms with Crippen molar-refractivity contribution in [3.63, 3.8) is 0 Å². The number of amides is 1. The van der Waals surface area contributed by atoms with E-state index in [0.29, 0.717) is 5.69 Å². The first-order valence-corrected chi connectivity index (χ1v) is 8.82. The average Bonchev–Trinajstić information content (AvgIpc) is 3.22. The van der Waals surface area contributed by atoms with Crippen molar-refractivity contribution in [3.8, 4) is 0 Å². The van der Waals surface area contributed by atoms with Gasteiger partial charge in [0, 0.05) is 11.6 Å². The van der Waals surface area contributed by atoms with Gasteiger partial charge in [-0.1, -0.05) is 19.1 Å². The van der Waals surface area contributed by atoms with Crippen LogP contribution >= 0.6 is 0 Å². The number of aryl methyl sites for hydroxylation is 1. The summed E-state index contributed by atoms with van der Waals surface area (Å²) in [6, 6.07) is 7.53. The Morgan fingerprint density at radius 3 is 2.72 bits per heavy atom. The Morgan fingerprint density at radius 2 is 2.00 bits per heavy atom. The van der Waals surface area contributed by atoms with Gasteiger partial charge in [0.25, 0.3) is 5.91 Å². The predicted molar refractivity (Wildman–Crippen MR) is 88.5 cm³/mol. The first kappa shape index (κ1) is 16.1. The standard InChI is InChI=1S/C19H21NO5/c1-2-10-3-5-12(6-4-10)20-15(21)9-24-18(22)16-11-7-13-14(8-11)25-19(23)17(13)16/h3-6,11,13-14,16-17H,2,7-9H2,1H3,(H,20,21)/t11-,13+,14-,16-,17+/m1/s1. The number of hydrogen-bond donors (Lipinski definition) is 1. The van der Waals surface area contributed by atoms with Crippen LogP contribution in [0.5, 0.6) is 0 Å². The number of fused-ring (bicyclic) bond motifs is 1. The van der Waals surface area contributed by atoms with Gasteiger partial charge in [-0.15, -0.1) is 0 Å². The predicted octanol–water partition coefficient (Wildman–Crippen LogP) is 1.93. The van der Waals surface area contributed by atoms with Crippen LogP contribution in [0.4, 0.5) is 5.69 Å². The molecule has 1 heterocycles. The highest BCUT2D eigenvalue weighted by Gasteiger charge is 2.64. The molecule has 3 aliphatic rings. The third-order valence-corrected chi connectivity index (χ3v) is 5.75. The molecule has 1 saturated heterocycles. The van der Waals surface area contributed by atoms with E-state index in [1.807, 2.05) is 24.3 Å². The zero-order valence-electron chi connectivity index (χ0n) is 14.1. The maximum Gasteiger partial charge on any atom is 0.310 e. The van der Waals surface area contributed by atoms with Crippen molar-refractivity contribution in [1.29, 1.82) is 0 Å². The van der Waals surface area contributed by atoms with E-state index in [9.17, 15) is 14.4 Å². The van der Waals surface area contributed by atoms with E-state index in [1.165, 1.54) is 5.56 Å². The van der Waals surface area contributed by atoms with Crippen molar-refractivity contribution in [3.05, 3.63) is 29.8 Å². The van der Waals surface area contributed by atoms with Crippen molar-refractivity contribution in [1.82, 2.24) is 0 Å². The second-order valence-corrected chi connectivity index (χ2v) is 7.13. The number of carbonyl (C=O) groups is 3. The molecule has 1 aromatic rings.